The lowest BCUT2D eigenvalue weighted by atomic mass is 9.82. The summed E-state index contributed by atoms with van der Waals surface area (Å²) in [5, 5.41) is 3.77. The predicted octanol–water partition coefficient (Wildman–Crippen LogP) is 3.34. The summed E-state index contributed by atoms with van der Waals surface area (Å²) in [6.07, 6.45) is 8.36. The summed E-state index contributed by atoms with van der Waals surface area (Å²) in [6.45, 7) is 6.91. The van der Waals surface area contributed by atoms with Crippen LogP contribution in [0.15, 0.2) is 0 Å². The Morgan fingerprint density at radius 3 is 2.54 bits per heavy atom. The Kier molecular flexibility index (Phi) is 4.79. The third-order valence-electron chi connectivity index (χ3n) is 3.54. The van der Waals surface area contributed by atoms with Crippen LogP contribution in [-0.4, -0.2) is 12.1 Å². The molecule has 1 aliphatic carbocycles. The Morgan fingerprint density at radius 1 is 1.23 bits per heavy atom. The summed E-state index contributed by atoms with van der Waals surface area (Å²) >= 11 is 0. The Bertz CT molecular complexity index is 133. The van der Waals surface area contributed by atoms with Gasteiger partial charge in [-0.1, -0.05) is 33.1 Å². The van der Waals surface area contributed by atoms with E-state index in [1.807, 2.05) is 0 Å². The Labute approximate surface area is 83.3 Å². The molecule has 0 spiro atoms. The first-order valence-electron chi connectivity index (χ1n) is 6.04. The molecule has 0 heterocycles. The normalized spacial score (nSPS) is 31.6. The van der Waals surface area contributed by atoms with Crippen LogP contribution in [0.1, 0.15) is 59.3 Å². The molecule has 0 saturated heterocycles. The number of hydrogen-bond acceptors (Lipinski definition) is 1. The van der Waals surface area contributed by atoms with Crippen LogP contribution < -0.4 is 5.32 Å². The zero-order valence-electron chi connectivity index (χ0n) is 9.47. The molecule has 1 fully saturated rings. The molecule has 0 amide bonds. The van der Waals surface area contributed by atoms with E-state index in [-0.39, 0.29) is 0 Å². The minimum absolute atomic E-state index is 0.706. The molecule has 0 aliphatic heterocycles. The summed E-state index contributed by atoms with van der Waals surface area (Å²) < 4.78 is 0. The minimum Gasteiger partial charge on any atom is -0.311 e. The van der Waals surface area contributed by atoms with Crippen LogP contribution in [0.3, 0.4) is 0 Å². The van der Waals surface area contributed by atoms with E-state index in [0.29, 0.717) is 6.04 Å². The fourth-order valence-electron chi connectivity index (χ4n) is 2.40. The van der Waals surface area contributed by atoms with Gasteiger partial charge in [-0.25, -0.2) is 0 Å². The molecule has 1 heteroatoms. The van der Waals surface area contributed by atoms with Gasteiger partial charge in [-0.2, -0.15) is 0 Å². The lowest BCUT2D eigenvalue weighted by molar-refractivity contribution is 0.238. The van der Waals surface area contributed by atoms with Crippen LogP contribution in [0.2, 0.25) is 0 Å². The van der Waals surface area contributed by atoms with Crippen LogP contribution in [0, 0.1) is 5.92 Å². The molecule has 1 saturated carbocycles. The summed E-state index contributed by atoms with van der Waals surface area (Å²) in [5.74, 6) is 0.947. The van der Waals surface area contributed by atoms with Gasteiger partial charge in [0.1, 0.15) is 0 Å². The Hall–Kier alpha value is -0.0400. The van der Waals surface area contributed by atoms with E-state index < -0.39 is 0 Å². The number of rotatable bonds is 4. The number of nitrogens with one attached hydrogen (secondary N) is 1. The lowest BCUT2D eigenvalue weighted by Crippen LogP contribution is -2.42. The Morgan fingerprint density at radius 2 is 1.92 bits per heavy atom. The SMILES string of the molecule is CCC1CCCCC1N[C@@H](C)CC. The molecule has 13 heavy (non-hydrogen) atoms. The predicted molar refractivity (Wildman–Crippen MR) is 58.9 cm³/mol. The van der Waals surface area contributed by atoms with Gasteiger partial charge in [0.25, 0.3) is 0 Å². The molecule has 2 unspecified atom stereocenters. The lowest BCUT2D eigenvalue weighted by Gasteiger charge is -2.33. The first kappa shape index (κ1) is 11.0. The summed E-state index contributed by atoms with van der Waals surface area (Å²) in [4.78, 5) is 0. The highest BCUT2D eigenvalue weighted by atomic mass is 14.9. The molecule has 1 nitrogen and oxygen atoms in total. The van der Waals surface area contributed by atoms with Crippen molar-refractivity contribution in [1.82, 2.24) is 5.32 Å². The van der Waals surface area contributed by atoms with Crippen molar-refractivity contribution in [2.45, 2.75) is 71.4 Å². The quantitative estimate of drug-likeness (QED) is 0.705. The second-order valence-corrected chi connectivity index (χ2v) is 4.54. The van der Waals surface area contributed by atoms with Gasteiger partial charge in [0.05, 0.1) is 0 Å². The average Bonchev–Trinajstić information content (AvgIpc) is 2.18. The maximum Gasteiger partial charge on any atom is 0.00976 e. The van der Waals surface area contributed by atoms with Crippen molar-refractivity contribution >= 4 is 0 Å². The van der Waals surface area contributed by atoms with Crippen molar-refractivity contribution in [3.63, 3.8) is 0 Å². The zero-order chi connectivity index (χ0) is 9.68. The second kappa shape index (κ2) is 5.64. The van der Waals surface area contributed by atoms with Gasteiger partial charge in [-0.15, -0.1) is 0 Å². The van der Waals surface area contributed by atoms with E-state index >= 15 is 0 Å². The van der Waals surface area contributed by atoms with E-state index in [1.54, 1.807) is 0 Å². The monoisotopic (exact) mass is 183 g/mol. The van der Waals surface area contributed by atoms with Gasteiger partial charge >= 0.3 is 0 Å². The standard InChI is InChI=1S/C12H25N/c1-4-10(3)13-12-9-7-6-8-11(12)5-2/h10-13H,4-9H2,1-3H3/t10-,11?,12?/m0/s1. The molecule has 0 aromatic heterocycles. The highest BCUT2D eigenvalue weighted by Crippen LogP contribution is 2.27. The van der Waals surface area contributed by atoms with Gasteiger partial charge in [-0.05, 0) is 32.1 Å². The molecule has 78 valence electrons. The largest absolute Gasteiger partial charge is 0.311 e. The van der Waals surface area contributed by atoms with Crippen molar-refractivity contribution in [2.24, 2.45) is 5.92 Å². The van der Waals surface area contributed by atoms with Crippen molar-refractivity contribution in [1.29, 1.82) is 0 Å². The molecule has 0 aromatic rings. The molecule has 0 aromatic carbocycles. The zero-order valence-corrected chi connectivity index (χ0v) is 9.47. The third kappa shape index (κ3) is 3.30. The Balaban J connectivity index is 2.35. The van der Waals surface area contributed by atoms with Crippen LogP contribution >= 0.6 is 0 Å². The summed E-state index contributed by atoms with van der Waals surface area (Å²) in [6, 6.07) is 1.52. The van der Waals surface area contributed by atoms with E-state index in [0.717, 1.165) is 12.0 Å². The molecular formula is C12H25N. The van der Waals surface area contributed by atoms with Crippen LogP contribution in [0.5, 0.6) is 0 Å². The van der Waals surface area contributed by atoms with Gasteiger partial charge < -0.3 is 5.32 Å². The van der Waals surface area contributed by atoms with Crippen molar-refractivity contribution < 1.29 is 0 Å². The smallest absolute Gasteiger partial charge is 0.00976 e. The third-order valence-corrected chi connectivity index (χ3v) is 3.54. The maximum absolute atomic E-state index is 3.77. The fourth-order valence-corrected chi connectivity index (χ4v) is 2.40. The molecule has 0 bridgehead atoms. The highest BCUT2D eigenvalue weighted by molar-refractivity contribution is 4.81. The van der Waals surface area contributed by atoms with Crippen molar-refractivity contribution in [3.05, 3.63) is 0 Å². The van der Waals surface area contributed by atoms with Crippen molar-refractivity contribution in [3.8, 4) is 0 Å². The van der Waals surface area contributed by atoms with Gasteiger partial charge in [0.15, 0.2) is 0 Å². The first-order chi connectivity index (χ1) is 6.27. The molecule has 3 atom stereocenters. The van der Waals surface area contributed by atoms with Gasteiger partial charge in [0.2, 0.25) is 0 Å². The minimum atomic E-state index is 0.706. The maximum atomic E-state index is 3.77. The molecule has 1 rings (SSSR count). The highest BCUT2D eigenvalue weighted by Gasteiger charge is 2.23. The molecule has 0 radical (unpaired) electrons. The molecular weight excluding hydrogens is 158 g/mol. The average molecular weight is 183 g/mol. The van der Waals surface area contributed by atoms with Gasteiger partial charge in [-0.3, -0.25) is 0 Å². The van der Waals surface area contributed by atoms with E-state index in [1.165, 1.54) is 38.5 Å². The molecule has 1 aliphatic rings. The number of hydrogen-bond donors (Lipinski definition) is 1. The first-order valence-corrected chi connectivity index (χ1v) is 6.04. The van der Waals surface area contributed by atoms with Crippen LogP contribution in [-0.2, 0) is 0 Å². The van der Waals surface area contributed by atoms with E-state index in [9.17, 15) is 0 Å². The van der Waals surface area contributed by atoms with E-state index in [4.69, 9.17) is 0 Å². The fraction of sp³-hybridized carbons (Fsp3) is 1.00. The van der Waals surface area contributed by atoms with Crippen LogP contribution in [0.25, 0.3) is 0 Å². The van der Waals surface area contributed by atoms with Gasteiger partial charge in [0, 0.05) is 12.1 Å². The van der Waals surface area contributed by atoms with Crippen LogP contribution in [0.4, 0.5) is 0 Å². The molecule has 1 N–H and O–H groups in total. The summed E-state index contributed by atoms with van der Waals surface area (Å²) in [7, 11) is 0. The van der Waals surface area contributed by atoms with Crippen molar-refractivity contribution in [2.75, 3.05) is 0 Å². The summed E-state index contributed by atoms with van der Waals surface area (Å²) in [5.41, 5.74) is 0. The second-order valence-electron chi connectivity index (χ2n) is 4.54. The van der Waals surface area contributed by atoms with E-state index in [2.05, 4.69) is 26.1 Å². The topological polar surface area (TPSA) is 12.0 Å².